The van der Waals surface area contributed by atoms with Crippen molar-refractivity contribution in [2.75, 3.05) is 78.0 Å². The molecule has 0 bridgehead atoms. The molecule has 6 heterocycles. The van der Waals surface area contributed by atoms with Gasteiger partial charge in [-0.3, -0.25) is 28.8 Å². The molecule has 0 saturated carbocycles. The van der Waals surface area contributed by atoms with Crippen LogP contribution in [-0.4, -0.2) is 135 Å². The Kier molecular flexibility index (Phi) is 17.6. The molecule has 1 unspecified atom stereocenters. The van der Waals surface area contributed by atoms with E-state index in [-0.39, 0.29) is 68.8 Å². The number of thiophene rings is 1. The number of carbonyl (C=O) groups is 3. The van der Waals surface area contributed by atoms with Crippen LogP contribution < -0.4 is 26.4 Å². The maximum Gasteiger partial charge on any atom is 0.247 e. The number of ether oxygens (including phenoxy) is 3. The van der Waals surface area contributed by atoms with E-state index in [1.54, 1.807) is 11.3 Å². The predicted molar refractivity (Wildman–Crippen MR) is 294 cm³/mol. The van der Waals surface area contributed by atoms with Crippen molar-refractivity contribution in [2.24, 2.45) is 4.99 Å². The van der Waals surface area contributed by atoms with Gasteiger partial charge < -0.3 is 35.9 Å². The molecule has 21 heteroatoms. The molecule has 2 aliphatic heterocycles. The summed E-state index contributed by atoms with van der Waals surface area (Å²) < 4.78 is 21.3. The largest absolute Gasteiger partial charge is 0.457 e. The maximum absolute atomic E-state index is 13.3. The number of nitrogens with zero attached hydrogens (tertiary/aromatic N) is 9. The Morgan fingerprint density at radius 2 is 1.57 bits per heavy atom. The van der Waals surface area contributed by atoms with E-state index in [1.807, 2.05) is 90.5 Å². The summed E-state index contributed by atoms with van der Waals surface area (Å²) in [6.45, 7) is 14.3. The fourth-order valence-corrected chi connectivity index (χ4v) is 10.8. The van der Waals surface area contributed by atoms with Crippen molar-refractivity contribution in [3.05, 3.63) is 136 Å². The highest BCUT2D eigenvalue weighted by atomic mass is 35.5. The van der Waals surface area contributed by atoms with Crippen molar-refractivity contribution in [1.29, 1.82) is 0 Å². The number of piperidine rings is 1. The topological polar surface area (TPSA) is 231 Å². The molecule has 1 fully saturated rings. The molecule has 5 N–H and O–H groups in total. The Morgan fingerprint density at radius 3 is 2.36 bits per heavy atom. The van der Waals surface area contributed by atoms with Crippen LogP contribution in [0.4, 0.5) is 5.82 Å². The number of likely N-dealkylation sites (tertiary alicyclic amines) is 1. The van der Waals surface area contributed by atoms with Crippen molar-refractivity contribution >= 4 is 63.2 Å². The zero-order chi connectivity index (χ0) is 53.1. The molecular formula is C55H62ClN13O6S. The molecule has 19 nitrogen and oxygen atoms in total. The molecule has 2 aliphatic rings. The van der Waals surface area contributed by atoms with Crippen molar-refractivity contribution < 1.29 is 28.6 Å². The van der Waals surface area contributed by atoms with Gasteiger partial charge in [0, 0.05) is 83.6 Å². The Hall–Kier alpha value is -7.36. The minimum absolute atomic E-state index is 0.0239. The highest BCUT2D eigenvalue weighted by Crippen LogP contribution is 2.39. The Morgan fingerprint density at radius 1 is 0.842 bits per heavy atom. The number of fused-ring (bicyclic) bond motifs is 4. The second-order valence-electron chi connectivity index (χ2n) is 18.8. The summed E-state index contributed by atoms with van der Waals surface area (Å²) in [7, 11) is 0. The maximum atomic E-state index is 13.3. The highest BCUT2D eigenvalue weighted by molar-refractivity contribution is 7.15. The number of carbonyl (C=O) groups excluding carboxylic acids is 3. The van der Waals surface area contributed by atoms with Gasteiger partial charge >= 0.3 is 0 Å². The Bertz CT molecular complexity index is 3210. The predicted octanol–water partition coefficient (Wildman–Crippen LogP) is 7.08. The van der Waals surface area contributed by atoms with Crippen LogP contribution in [0.1, 0.15) is 70.9 Å². The van der Waals surface area contributed by atoms with Crippen LogP contribution in [0.15, 0.2) is 102 Å². The monoisotopic (exact) mass is 1070 g/mol. The molecule has 0 spiro atoms. The average molecular weight is 1070 g/mol. The molecule has 2 atom stereocenters. The van der Waals surface area contributed by atoms with Crippen molar-refractivity contribution in [3.8, 4) is 27.8 Å². The van der Waals surface area contributed by atoms with E-state index in [0.717, 1.165) is 63.9 Å². The minimum Gasteiger partial charge on any atom is -0.457 e. The van der Waals surface area contributed by atoms with Gasteiger partial charge in [0.15, 0.2) is 5.65 Å². The first-order chi connectivity index (χ1) is 36.9. The van der Waals surface area contributed by atoms with Gasteiger partial charge in [-0.25, -0.2) is 14.6 Å². The lowest BCUT2D eigenvalue weighted by Gasteiger charge is -2.33. The molecule has 0 radical (unpaired) electrons. The summed E-state index contributed by atoms with van der Waals surface area (Å²) in [5.74, 6) is 2.32. The van der Waals surface area contributed by atoms with Gasteiger partial charge in [-0.15, -0.1) is 21.5 Å². The Labute approximate surface area is 449 Å². The smallest absolute Gasteiger partial charge is 0.247 e. The summed E-state index contributed by atoms with van der Waals surface area (Å²) >= 11 is 7.90. The lowest BCUT2D eigenvalue weighted by molar-refractivity contribution is -0.123. The molecule has 0 aliphatic carbocycles. The van der Waals surface area contributed by atoms with Crippen LogP contribution in [0, 0.1) is 20.8 Å². The van der Waals surface area contributed by atoms with Crippen molar-refractivity contribution in [3.63, 3.8) is 0 Å². The number of amides is 3. The highest BCUT2D eigenvalue weighted by Gasteiger charge is 2.32. The number of anilines is 1. The number of nitrogen functional groups attached to an aromatic ring is 1. The van der Waals surface area contributed by atoms with Gasteiger partial charge in [0.25, 0.3) is 0 Å². The van der Waals surface area contributed by atoms with Gasteiger partial charge in [-0.1, -0.05) is 48.5 Å². The van der Waals surface area contributed by atoms with E-state index in [1.165, 1.54) is 11.2 Å². The third-order valence-electron chi connectivity index (χ3n) is 13.4. The summed E-state index contributed by atoms with van der Waals surface area (Å²) in [5.41, 5.74) is 13.0. The third-order valence-corrected chi connectivity index (χ3v) is 14.8. The first-order valence-electron chi connectivity index (χ1n) is 25.4. The third kappa shape index (κ3) is 12.8. The standard InChI is InChI=1S/C55H62ClN13O6S/c1-34(31-67-24-8-9-42(32-67)69-53-48(51(57)62-33-63-53)50(66-69)39-14-18-44(19-15-39)75-43-10-6-5-7-11-43)54(72)60-22-21-58-45(70)20-25-73-27-28-74-26-23-59-46(71)29-40-30-61-49(38-12-16-41(56)17-13-38)47-35(2)36(3)76-55(47)68-37(4)64-65-52(40)68/h5-7,10-19,33,40,42H,1,8-9,20-32H2,2-4H3,(H,58,70)(H,59,71)(H,60,72)(H2,57,62,63)/b61-49-/t40?,42-/m1/s1. The van der Waals surface area contributed by atoms with Gasteiger partial charge in [-0.2, -0.15) is 5.10 Å². The number of nitrogens with two attached hydrogens (primary N) is 1. The fourth-order valence-electron chi connectivity index (χ4n) is 9.41. The van der Waals surface area contributed by atoms with Crippen molar-refractivity contribution in [1.82, 2.24) is 55.4 Å². The number of rotatable bonds is 22. The Balaban J connectivity index is 0.646. The molecule has 3 amide bonds. The lowest BCUT2D eigenvalue weighted by atomic mass is 9.97. The van der Waals surface area contributed by atoms with E-state index in [2.05, 4.69) is 66.0 Å². The van der Waals surface area contributed by atoms with Gasteiger partial charge in [0.1, 0.15) is 46.0 Å². The summed E-state index contributed by atoms with van der Waals surface area (Å²) in [6, 6.07) is 24.9. The number of aromatic nitrogens is 7. The first-order valence-corrected chi connectivity index (χ1v) is 26.6. The van der Waals surface area contributed by atoms with Gasteiger partial charge in [0.05, 0.1) is 50.1 Å². The molecule has 4 aromatic heterocycles. The average Bonchev–Trinajstić information content (AvgIpc) is 4.09. The molecular weight excluding hydrogens is 1010 g/mol. The zero-order valence-electron chi connectivity index (χ0n) is 42.9. The van der Waals surface area contributed by atoms with Crippen LogP contribution in [0.2, 0.25) is 5.02 Å². The molecule has 396 valence electrons. The van der Waals surface area contributed by atoms with E-state index < -0.39 is 0 Å². The number of aryl methyl sites for hydroxylation is 2. The number of nitrogens with one attached hydrogen (secondary N) is 3. The number of hydrogen-bond acceptors (Lipinski definition) is 15. The van der Waals surface area contributed by atoms with Crippen LogP contribution in [-0.2, 0) is 23.9 Å². The molecule has 3 aromatic carbocycles. The first kappa shape index (κ1) is 53.5. The number of halogens is 1. The molecule has 7 aromatic rings. The quantitative estimate of drug-likeness (QED) is 0.0393. The SMILES string of the molecule is C=C(CN1CCC[C@@H](n2nc(-c3ccc(Oc4ccccc4)cc3)c3c(N)ncnc32)C1)C(=O)NCCNC(=O)CCOCCOCCNC(=O)CC1C/N=C(/c2ccc(Cl)cc2)c2c(sc(C)c2C)-n2c(C)nnc21. The van der Waals surface area contributed by atoms with Crippen LogP contribution in [0.3, 0.4) is 0 Å². The van der Waals surface area contributed by atoms with Crippen LogP contribution in [0.25, 0.3) is 27.3 Å². The molecule has 1 saturated heterocycles. The van der Waals surface area contributed by atoms with Crippen LogP contribution >= 0.6 is 22.9 Å². The van der Waals surface area contributed by atoms with E-state index in [4.69, 9.17) is 41.6 Å². The number of benzene rings is 3. The second-order valence-corrected chi connectivity index (χ2v) is 20.4. The van der Waals surface area contributed by atoms with Gasteiger partial charge in [-0.05, 0) is 94.3 Å². The minimum atomic E-state index is -0.307. The second kappa shape index (κ2) is 25.0. The fraction of sp³-hybridized carbons (Fsp3) is 0.364. The van der Waals surface area contributed by atoms with E-state index >= 15 is 0 Å². The van der Waals surface area contributed by atoms with Crippen molar-refractivity contribution in [2.45, 2.75) is 58.4 Å². The summed E-state index contributed by atoms with van der Waals surface area (Å²) in [5, 5.41) is 25.0. The molecule has 9 rings (SSSR count). The van der Waals surface area contributed by atoms with E-state index in [0.29, 0.717) is 84.1 Å². The van der Waals surface area contributed by atoms with Crippen LogP contribution in [0.5, 0.6) is 11.5 Å². The number of aliphatic imine (C=N–C) groups is 1. The molecule has 76 heavy (non-hydrogen) atoms. The summed E-state index contributed by atoms with van der Waals surface area (Å²) in [6.07, 6.45) is 3.54. The number of para-hydroxylation sites is 1. The zero-order valence-corrected chi connectivity index (χ0v) is 44.5. The lowest BCUT2D eigenvalue weighted by Crippen LogP contribution is -2.41. The number of hydrogen-bond donors (Lipinski definition) is 4. The van der Waals surface area contributed by atoms with E-state index in [9.17, 15) is 14.4 Å². The van der Waals surface area contributed by atoms with Gasteiger partial charge in [0.2, 0.25) is 17.7 Å². The normalized spacial score (nSPS) is 16.2. The summed E-state index contributed by atoms with van der Waals surface area (Å²) in [4.78, 5) is 56.2.